The van der Waals surface area contributed by atoms with Crippen LogP contribution >= 0.6 is 22.6 Å². The molecule has 0 saturated carbocycles. The first kappa shape index (κ1) is 17.6. The molecule has 2 aromatic rings. The highest BCUT2D eigenvalue weighted by Gasteiger charge is 2.15. The minimum atomic E-state index is -0.231. The van der Waals surface area contributed by atoms with Crippen molar-refractivity contribution in [3.8, 4) is 5.75 Å². The molecule has 2 N–H and O–H groups in total. The molecule has 0 aliphatic rings. The minimum absolute atomic E-state index is 0.155. The summed E-state index contributed by atoms with van der Waals surface area (Å²) in [7, 11) is 0. The quantitative estimate of drug-likeness (QED) is 0.673. The van der Waals surface area contributed by atoms with Crippen LogP contribution in [0.25, 0.3) is 0 Å². The Balaban J connectivity index is 2.09. The van der Waals surface area contributed by atoms with E-state index < -0.39 is 0 Å². The summed E-state index contributed by atoms with van der Waals surface area (Å²) >= 11 is 2.20. The molecule has 1 atom stereocenters. The molecule has 23 heavy (non-hydrogen) atoms. The summed E-state index contributed by atoms with van der Waals surface area (Å²) in [4.78, 5) is 12.2. The van der Waals surface area contributed by atoms with Crippen molar-refractivity contribution in [1.82, 2.24) is 5.32 Å². The van der Waals surface area contributed by atoms with Gasteiger partial charge in [0, 0.05) is 9.13 Å². The van der Waals surface area contributed by atoms with E-state index in [4.69, 9.17) is 4.74 Å². The number of urea groups is 1. The Morgan fingerprint density at radius 3 is 2.70 bits per heavy atom. The van der Waals surface area contributed by atoms with Gasteiger partial charge in [0.2, 0.25) is 0 Å². The molecule has 5 heteroatoms. The van der Waals surface area contributed by atoms with Gasteiger partial charge in [-0.25, -0.2) is 4.79 Å². The average Bonchev–Trinajstić information content (AvgIpc) is 2.51. The van der Waals surface area contributed by atoms with Gasteiger partial charge in [0.25, 0.3) is 0 Å². The van der Waals surface area contributed by atoms with E-state index in [1.807, 2.05) is 63.2 Å². The standard InChI is InChI=1S/C18H21IN2O2/c1-4-23-17-10-9-12(2)11-14(17)13(3)20-18(22)21-16-8-6-5-7-15(16)19/h5-11,13H,4H2,1-3H3,(H2,20,21,22). The zero-order valence-electron chi connectivity index (χ0n) is 13.5. The fourth-order valence-corrected chi connectivity index (χ4v) is 2.81. The van der Waals surface area contributed by atoms with Gasteiger partial charge in [-0.15, -0.1) is 0 Å². The maximum absolute atomic E-state index is 12.2. The Labute approximate surface area is 150 Å². The molecule has 2 rings (SSSR count). The van der Waals surface area contributed by atoms with E-state index in [-0.39, 0.29) is 12.1 Å². The molecule has 4 nitrogen and oxygen atoms in total. The molecule has 0 radical (unpaired) electrons. The van der Waals surface area contributed by atoms with Gasteiger partial charge in [-0.05, 0) is 61.6 Å². The maximum Gasteiger partial charge on any atom is 0.319 e. The third-order valence-electron chi connectivity index (χ3n) is 3.40. The molecule has 0 saturated heterocycles. The fourth-order valence-electron chi connectivity index (χ4n) is 2.29. The number of nitrogens with one attached hydrogen (secondary N) is 2. The lowest BCUT2D eigenvalue weighted by Gasteiger charge is -2.19. The molecule has 1 unspecified atom stereocenters. The van der Waals surface area contributed by atoms with Crippen molar-refractivity contribution >= 4 is 34.3 Å². The van der Waals surface area contributed by atoms with Gasteiger partial charge in [0.15, 0.2) is 0 Å². The smallest absolute Gasteiger partial charge is 0.319 e. The van der Waals surface area contributed by atoms with Crippen LogP contribution in [0, 0.1) is 10.5 Å². The third kappa shape index (κ3) is 4.86. The van der Waals surface area contributed by atoms with Crippen LogP contribution in [0.4, 0.5) is 10.5 Å². The van der Waals surface area contributed by atoms with Crippen LogP contribution < -0.4 is 15.4 Å². The van der Waals surface area contributed by atoms with Gasteiger partial charge in [-0.1, -0.05) is 29.8 Å². The van der Waals surface area contributed by atoms with Crippen LogP contribution in [-0.4, -0.2) is 12.6 Å². The first-order valence-electron chi connectivity index (χ1n) is 7.56. The lowest BCUT2D eigenvalue weighted by molar-refractivity contribution is 0.249. The monoisotopic (exact) mass is 424 g/mol. The number of carbonyl (C=O) groups is 1. The summed E-state index contributed by atoms with van der Waals surface area (Å²) in [6.07, 6.45) is 0. The number of halogens is 1. The fraction of sp³-hybridized carbons (Fsp3) is 0.278. The molecule has 0 spiro atoms. The van der Waals surface area contributed by atoms with E-state index >= 15 is 0 Å². The number of hydrogen-bond acceptors (Lipinski definition) is 2. The SMILES string of the molecule is CCOc1ccc(C)cc1C(C)NC(=O)Nc1ccccc1I. The molecule has 0 heterocycles. The second kappa shape index (κ2) is 8.19. The van der Waals surface area contributed by atoms with Crippen LogP contribution in [0.5, 0.6) is 5.75 Å². The largest absolute Gasteiger partial charge is 0.494 e. The number of anilines is 1. The Morgan fingerprint density at radius 1 is 1.26 bits per heavy atom. The first-order chi connectivity index (χ1) is 11.0. The number of para-hydroxylation sites is 1. The van der Waals surface area contributed by atoms with Crippen molar-refractivity contribution in [2.24, 2.45) is 0 Å². The molecule has 0 aromatic heterocycles. The Kier molecular flexibility index (Phi) is 6.27. The van der Waals surface area contributed by atoms with Crippen molar-refractivity contribution in [1.29, 1.82) is 0 Å². The summed E-state index contributed by atoms with van der Waals surface area (Å²) in [5, 5.41) is 5.84. The minimum Gasteiger partial charge on any atom is -0.494 e. The second-order valence-corrected chi connectivity index (χ2v) is 6.44. The van der Waals surface area contributed by atoms with E-state index in [9.17, 15) is 4.79 Å². The number of carbonyl (C=O) groups excluding carboxylic acids is 1. The Bertz CT molecular complexity index is 688. The topological polar surface area (TPSA) is 50.4 Å². The number of rotatable bonds is 5. The van der Waals surface area contributed by atoms with Crippen LogP contribution in [0.3, 0.4) is 0 Å². The van der Waals surface area contributed by atoms with Gasteiger partial charge >= 0.3 is 6.03 Å². The highest BCUT2D eigenvalue weighted by molar-refractivity contribution is 14.1. The van der Waals surface area contributed by atoms with Crippen LogP contribution in [0.1, 0.15) is 31.0 Å². The van der Waals surface area contributed by atoms with Gasteiger partial charge in [0.05, 0.1) is 18.3 Å². The Hall–Kier alpha value is -1.76. The lowest BCUT2D eigenvalue weighted by Crippen LogP contribution is -2.31. The molecular weight excluding hydrogens is 403 g/mol. The van der Waals surface area contributed by atoms with Gasteiger partial charge in [-0.2, -0.15) is 0 Å². The van der Waals surface area contributed by atoms with E-state index in [2.05, 4.69) is 33.2 Å². The van der Waals surface area contributed by atoms with E-state index in [1.165, 1.54) is 0 Å². The number of amides is 2. The molecule has 0 fully saturated rings. The average molecular weight is 424 g/mol. The zero-order chi connectivity index (χ0) is 16.8. The molecule has 0 aliphatic heterocycles. The van der Waals surface area contributed by atoms with E-state index in [1.54, 1.807) is 0 Å². The molecule has 2 amide bonds. The summed E-state index contributed by atoms with van der Waals surface area (Å²) < 4.78 is 6.66. The number of benzene rings is 2. The summed E-state index contributed by atoms with van der Waals surface area (Å²) in [6.45, 7) is 6.52. The number of aryl methyl sites for hydroxylation is 1. The predicted octanol–water partition coefficient (Wildman–Crippen LogP) is 4.88. The van der Waals surface area contributed by atoms with Gasteiger partial charge < -0.3 is 15.4 Å². The van der Waals surface area contributed by atoms with Crippen molar-refractivity contribution in [3.05, 3.63) is 57.2 Å². The Morgan fingerprint density at radius 2 is 2.00 bits per heavy atom. The highest BCUT2D eigenvalue weighted by Crippen LogP contribution is 2.26. The highest BCUT2D eigenvalue weighted by atomic mass is 127. The lowest BCUT2D eigenvalue weighted by atomic mass is 10.0. The number of hydrogen-bond donors (Lipinski definition) is 2. The summed E-state index contributed by atoms with van der Waals surface area (Å²) in [5.41, 5.74) is 2.91. The van der Waals surface area contributed by atoms with Crippen molar-refractivity contribution in [2.45, 2.75) is 26.8 Å². The summed E-state index contributed by atoms with van der Waals surface area (Å²) in [6, 6.07) is 13.3. The van der Waals surface area contributed by atoms with E-state index in [0.29, 0.717) is 6.61 Å². The van der Waals surface area contributed by atoms with Crippen LogP contribution in [0.15, 0.2) is 42.5 Å². The maximum atomic E-state index is 12.2. The molecule has 0 aliphatic carbocycles. The zero-order valence-corrected chi connectivity index (χ0v) is 15.7. The molecule has 2 aromatic carbocycles. The van der Waals surface area contributed by atoms with Crippen molar-refractivity contribution < 1.29 is 9.53 Å². The second-order valence-electron chi connectivity index (χ2n) is 5.27. The molecular formula is C18H21IN2O2. The van der Waals surface area contributed by atoms with Gasteiger partial charge in [-0.3, -0.25) is 0 Å². The normalized spacial score (nSPS) is 11.7. The van der Waals surface area contributed by atoms with Crippen LogP contribution in [-0.2, 0) is 0 Å². The van der Waals surface area contributed by atoms with Gasteiger partial charge in [0.1, 0.15) is 5.75 Å². The first-order valence-corrected chi connectivity index (χ1v) is 8.64. The molecule has 0 bridgehead atoms. The third-order valence-corrected chi connectivity index (χ3v) is 4.34. The van der Waals surface area contributed by atoms with Crippen molar-refractivity contribution in [2.75, 3.05) is 11.9 Å². The summed E-state index contributed by atoms with van der Waals surface area (Å²) in [5.74, 6) is 0.806. The number of ether oxygens (including phenoxy) is 1. The van der Waals surface area contributed by atoms with E-state index in [0.717, 1.165) is 26.1 Å². The van der Waals surface area contributed by atoms with Crippen LogP contribution in [0.2, 0.25) is 0 Å². The predicted molar refractivity (Wildman–Crippen MR) is 102 cm³/mol. The molecule has 122 valence electrons. The van der Waals surface area contributed by atoms with Crippen molar-refractivity contribution in [3.63, 3.8) is 0 Å².